The molecule has 2 rings (SSSR count). The highest BCUT2D eigenvalue weighted by atomic mass is 32.2. The van der Waals surface area contributed by atoms with Crippen molar-refractivity contribution in [2.24, 2.45) is 0 Å². The summed E-state index contributed by atoms with van der Waals surface area (Å²) in [5.74, 6) is 0.534. The lowest BCUT2D eigenvalue weighted by molar-refractivity contribution is -0.146. The van der Waals surface area contributed by atoms with Crippen LogP contribution in [-0.2, 0) is 14.3 Å². The molecule has 1 aliphatic rings. The normalized spacial score (nSPS) is 15.0. The van der Waals surface area contributed by atoms with Crippen LogP contribution in [0.5, 0.6) is 11.5 Å². The van der Waals surface area contributed by atoms with Crippen molar-refractivity contribution in [1.82, 2.24) is 4.90 Å². The summed E-state index contributed by atoms with van der Waals surface area (Å²) >= 11 is 6.45. The van der Waals surface area contributed by atoms with Gasteiger partial charge in [0.2, 0.25) is 0 Å². The van der Waals surface area contributed by atoms with Crippen LogP contribution in [0.4, 0.5) is 0 Å². The van der Waals surface area contributed by atoms with Crippen LogP contribution >= 0.6 is 24.0 Å². The van der Waals surface area contributed by atoms with Gasteiger partial charge in [-0.15, -0.1) is 0 Å². The Morgan fingerprint density at radius 3 is 2.60 bits per heavy atom. The van der Waals surface area contributed by atoms with Gasteiger partial charge in [0.25, 0.3) is 5.91 Å². The summed E-state index contributed by atoms with van der Waals surface area (Å²) in [6, 6.07) is 5.52. The monoisotopic (exact) mass is 451 g/mol. The molecular weight excluding hydrogens is 422 g/mol. The van der Waals surface area contributed by atoms with Gasteiger partial charge in [-0.05, 0) is 36.6 Å². The number of carbonyl (C=O) groups excluding carboxylic acids is 2. The number of hydrogen-bond donors (Lipinski definition) is 0. The van der Waals surface area contributed by atoms with Crippen molar-refractivity contribution < 1.29 is 23.8 Å². The second-order valence-corrected chi connectivity index (χ2v) is 8.48. The van der Waals surface area contributed by atoms with Gasteiger partial charge < -0.3 is 14.2 Å². The van der Waals surface area contributed by atoms with E-state index in [0.29, 0.717) is 33.9 Å². The van der Waals surface area contributed by atoms with Crippen molar-refractivity contribution in [2.45, 2.75) is 46.0 Å². The van der Waals surface area contributed by atoms with Crippen molar-refractivity contribution in [1.29, 1.82) is 0 Å². The number of amides is 1. The van der Waals surface area contributed by atoms with E-state index in [2.05, 4.69) is 6.92 Å². The summed E-state index contributed by atoms with van der Waals surface area (Å²) in [6.45, 7) is 4.98. The maximum atomic E-state index is 12.7. The summed E-state index contributed by atoms with van der Waals surface area (Å²) < 4.78 is 16.7. The maximum Gasteiger partial charge on any atom is 0.326 e. The molecule has 0 N–H and O–H groups in total. The Bertz CT molecular complexity index is 794. The van der Waals surface area contributed by atoms with Crippen LogP contribution in [0, 0.1) is 0 Å². The molecule has 8 heteroatoms. The number of ether oxygens (including phenoxy) is 3. The van der Waals surface area contributed by atoms with Gasteiger partial charge in [-0.1, -0.05) is 63.2 Å². The van der Waals surface area contributed by atoms with Crippen LogP contribution in [0.25, 0.3) is 6.08 Å². The van der Waals surface area contributed by atoms with Crippen molar-refractivity contribution >= 4 is 46.3 Å². The first-order valence-electron chi connectivity index (χ1n) is 10.2. The SMILES string of the molecule is CCCCCOc1ccc(/C=C2\SC(=S)N(CC(=O)OCCCC)C2=O)cc1OC. The smallest absolute Gasteiger partial charge is 0.326 e. The van der Waals surface area contributed by atoms with Gasteiger partial charge in [0, 0.05) is 0 Å². The molecule has 0 saturated carbocycles. The zero-order valence-electron chi connectivity index (χ0n) is 17.8. The topological polar surface area (TPSA) is 65.1 Å². The third-order valence-electron chi connectivity index (χ3n) is 4.41. The van der Waals surface area contributed by atoms with Gasteiger partial charge in [0.1, 0.15) is 10.9 Å². The number of unbranched alkanes of at least 4 members (excludes halogenated alkanes) is 3. The fourth-order valence-electron chi connectivity index (χ4n) is 2.72. The maximum absolute atomic E-state index is 12.7. The molecule has 0 unspecified atom stereocenters. The molecule has 6 nitrogen and oxygen atoms in total. The van der Waals surface area contributed by atoms with E-state index in [1.54, 1.807) is 13.2 Å². The van der Waals surface area contributed by atoms with Crippen LogP contribution in [-0.4, -0.2) is 48.0 Å². The first kappa shape index (κ1) is 24.2. The number of methoxy groups -OCH3 is 1. The summed E-state index contributed by atoms with van der Waals surface area (Å²) in [7, 11) is 1.58. The number of carbonyl (C=O) groups is 2. The highest BCUT2D eigenvalue weighted by molar-refractivity contribution is 8.26. The molecule has 1 fully saturated rings. The van der Waals surface area contributed by atoms with Crippen molar-refractivity contribution in [3.05, 3.63) is 28.7 Å². The fourth-order valence-corrected chi connectivity index (χ4v) is 3.98. The molecular formula is C22H29NO5S2. The number of nitrogens with zero attached hydrogens (tertiary/aromatic N) is 1. The number of benzene rings is 1. The Kier molecular flexibility index (Phi) is 10.2. The third-order valence-corrected chi connectivity index (χ3v) is 5.79. The van der Waals surface area contributed by atoms with Crippen LogP contribution in [0.2, 0.25) is 0 Å². The fraction of sp³-hybridized carbons (Fsp3) is 0.500. The third kappa shape index (κ3) is 7.02. The second-order valence-electron chi connectivity index (χ2n) is 6.81. The summed E-state index contributed by atoms with van der Waals surface area (Å²) in [5.41, 5.74) is 0.791. The number of thiocarbonyl (C=S) groups is 1. The van der Waals surface area contributed by atoms with E-state index >= 15 is 0 Å². The lowest BCUT2D eigenvalue weighted by Gasteiger charge is -2.13. The molecule has 0 radical (unpaired) electrons. The minimum Gasteiger partial charge on any atom is -0.493 e. The van der Waals surface area contributed by atoms with Gasteiger partial charge in [-0.2, -0.15) is 0 Å². The number of rotatable bonds is 12. The van der Waals surface area contributed by atoms with Gasteiger partial charge in [-0.3, -0.25) is 14.5 Å². The van der Waals surface area contributed by atoms with Gasteiger partial charge >= 0.3 is 5.97 Å². The lowest BCUT2D eigenvalue weighted by Crippen LogP contribution is -2.34. The van der Waals surface area contributed by atoms with Crippen LogP contribution in [0.15, 0.2) is 23.1 Å². The van der Waals surface area contributed by atoms with E-state index in [9.17, 15) is 9.59 Å². The predicted molar refractivity (Wildman–Crippen MR) is 124 cm³/mol. The lowest BCUT2D eigenvalue weighted by atomic mass is 10.2. The highest BCUT2D eigenvalue weighted by Gasteiger charge is 2.33. The molecule has 1 aliphatic heterocycles. The molecule has 0 aromatic heterocycles. The first-order valence-corrected chi connectivity index (χ1v) is 11.4. The molecule has 1 saturated heterocycles. The standard InChI is InChI=1S/C22H29NO5S2/c1-4-6-8-12-27-17-10-9-16(13-18(17)26-3)14-19-21(25)23(22(29)30-19)15-20(24)28-11-7-5-2/h9-10,13-14H,4-8,11-12,15H2,1-3H3/b19-14-. The number of hydrogen-bond acceptors (Lipinski definition) is 7. The Hall–Kier alpha value is -2.06. The van der Waals surface area contributed by atoms with Crippen LogP contribution in [0.3, 0.4) is 0 Å². The predicted octanol–water partition coefficient (Wildman–Crippen LogP) is 4.81. The molecule has 1 aromatic carbocycles. The van der Waals surface area contributed by atoms with E-state index < -0.39 is 5.97 Å². The average molecular weight is 452 g/mol. The molecule has 0 spiro atoms. The molecule has 0 bridgehead atoms. The zero-order valence-corrected chi connectivity index (χ0v) is 19.4. The van der Waals surface area contributed by atoms with Crippen molar-refractivity contribution in [2.75, 3.05) is 26.9 Å². The summed E-state index contributed by atoms with van der Waals surface area (Å²) in [5, 5.41) is 0. The van der Waals surface area contributed by atoms with E-state index in [4.69, 9.17) is 26.4 Å². The Balaban J connectivity index is 2.04. The van der Waals surface area contributed by atoms with Gasteiger partial charge in [0.15, 0.2) is 11.5 Å². The van der Waals surface area contributed by atoms with E-state index in [1.807, 2.05) is 25.1 Å². The minimum absolute atomic E-state index is 0.167. The summed E-state index contributed by atoms with van der Waals surface area (Å²) in [4.78, 5) is 26.4. The quantitative estimate of drug-likeness (QED) is 0.196. The molecule has 164 valence electrons. The average Bonchev–Trinajstić information content (AvgIpc) is 2.99. The molecule has 0 atom stereocenters. The highest BCUT2D eigenvalue weighted by Crippen LogP contribution is 2.34. The molecule has 30 heavy (non-hydrogen) atoms. The molecule has 0 aliphatic carbocycles. The second kappa shape index (κ2) is 12.6. The largest absolute Gasteiger partial charge is 0.493 e. The number of thioether (sulfide) groups is 1. The minimum atomic E-state index is -0.452. The Morgan fingerprint density at radius 1 is 1.13 bits per heavy atom. The van der Waals surface area contributed by atoms with Crippen LogP contribution in [0.1, 0.15) is 51.5 Å². The molecule has 1 amide bonds. The molecule has 1 aromatic rings. The molecule has 1 heterocycles. The summed E-state index contributed by atoms with van der Waals surface area (Å²) in [6.07, 6.45) is 6.71. The first-order chi connectivity index (χ1) is 14.5. The Labute approximate surface area is 187 Å². The van der Waals surface area contributed by atoms with Crippen molar-refractivity contribution in [3.8, 4) is 11.5 Å². The number of esters is 1. The zero-order chi connectivity index (χ0) is 21.9. The van der Waals surface area contributed by atoms with Gasteiger partial charge in [0.05, 0.1) is 25.2 Å². The van der Waals surface area contributed by atoms with E-state index in [1.165, 1.54) is 16.7 Å². The van der Waals surface area contributed by atoms with E-state index in [0.717, 1.165) is 37.7 Å². The van der Waals surface area contributed by atoms with Crippen molar-refractivity contribution in [3.63, 3.8) is 0 Å². The Morgan fingerprint density at radius 2 is 1.90 bits per heavy atom. The van der Waals surface area contributed by atoms with E-state index in [-0.39, 0.29) is 12.5 Å². The van der Waals surface area contributed by atoms with Gasteiger partial charge in [-0.25, -0.2) is 0 Å². The van der Waals surface area contributed by atoms with Crippen LogP contribution < -0.4 is 9.47 Å².